The van der Waals surface area contributed by atoms with Crippen LogP contribution in [0, 0.1) is 17.1 Å². The van der Waals surface area contributed by atoms with Gasteiger partial charge in [0.1, 0.15) is 16.9 Å². The van der Waals surface area contributed by atoms with Crippen LogP contribution in [-0.2, 0) is 0 Å². The predicted molar refractivity (Wildman–Crippen MR) is 72.6 cm³/mol. The van der Waals surface area contributed by atoms with Crippen LogP contribution in [0.15, 0.2) is 23.6 Å². The molecule has 0 amide bonds. The summed E-state index contributed by atoms with van der Waals surface area (Å²) in [5.41, 5.74) is 1.99. The van der Waals surface area contributed by atoms with Gasteiger partial charge in [0.15, 0.2) is 11.4 Å². The lowest BCUT2D eigenvalue weighted by molar-refractivity contribution is 0.628. The standard InChI is InChI=1S/C12H5ClFN5S/c13-7-3-6(1-2-8(7)14)10-5-20-12(16-10)11-9(4-15)17-19-18-11/h1-3,5H,(H,17,18,19). The second-order valence-corrected chi connectivity index (χ2v) is 5.08. The number of benzene rings is 1. The summed E-state index contributed by atoms with van der Waals surface area (Å²) in [6.45, 7) is 0. The molecule has 0 aliphatic carbocycles. The Labute approximate surface area is 121 Å². The minimum atomic E-state index is -0.478. The van der Waals surface area contributed by atoms with E-state index in [-0.39, 0.29) is 10.7 Å². The molecule has 98 valence electrons. The van der Waals surface area contributed by atoms with Gasteiger partial charge in [-0.05, 0) is 18.2 Å². The molecule has 1 N–H and O–H groups in total. The summed E-state index contributed by atoms with van der Waals surface area (Å²) in [5, 5.41) is 21.2. The minimum Gasteiger partial charge on any atom is -0.247 e. The van der Waals surface area contributed by atoms with Crippen molar-refractivity contribution in [3.8, 4) is 28.0 Å². The Morgan fingerprint density at radius 2 is 2.25 bits per heavy atom. The van der Waals surface area contributed by atoms with Crippen LogP contribution in [0.1, 0.15) is 5.69 Å². The van der Waals surface area contributed by atoms with Crippen LogP contribution in [0.3, 0.4) is 0 Å². The second kappa shape index (κ2) is 5.00. The number of rotatable bonds is 2. The van der Waals surface area contributed by atoms with Gasteiger partial charge in [0.05, 0.1) is 10.7 Å². The molecule has 3 aromatic rings. The summed E-state index contributed by atoms with van der Waals surface area (Å²) in [6, 6.07) is 6.34. The monoisotopic (exact) mass is 305 g/mol. The van der Waals surface area contributed by atoms with E-state index in [1.165, 1.54) is 23.5 Å². The van der Waals surface area contributed by atoms with Crippen LogP contribution >= 0.6 is 22.9 Å². The van der Waals surface area contributed by atoms with Gasteiger partial charge in [0.25, 0.3) is 0 Å². The molecule has 3 rings (SSSR count). The maximum Gasteiger partial charge on any atom is 0.166 e. The molecule has 0 bridgehead atoms. The first-order valence-corrected chi connectivity index (χ1v) is 6.67. The highest BCUT2D eigenvalue weighted by atomic mass is 35.5. The van der Waals surface area contributed by atoms with E-state index in [2.05, 4.69) is 20.4 Å². The molecule has 1 aromatic carbocycles. The Morgan fingerprint density at radius 1 is 1.40 bits per heavy atom. The summed E-state index contributed by atoms with van der Waals surface area (Å²) < 4.78 is 13.1. The third-order valence-corrected chi connectivity index (χ3v) is 3.72. The number of hydrogen-bond donors (Lipinski definition) is 1. The molecule has 5 nitrogen and oxygen atoms in total. The summed E-state index contributed by atoms with van der Waals surface area (Å²) in [6.07, 6.45) is 0. The lowest BCUT2D eigenvalue weighted by Crippen LogP contribution is -1.84. The first-order chi connectivity index (χ1) is 9.69. The zero-order valence-electron chi connectivity index (χ0n) is 9.76. The Kier molecular flexibility index (Phi) is 3.18. The average molecular weight is 306 g/mol. The number of hydrogen-bond acceptors (Lipinski definition) is 5. The predicted octanol–water partition coefficient (Wildman–Crippen LogP) is 3.26. The van der Waals surface area contributed by atoms with E-state index in [1.54, 1.807) is 11.4 Å². The highest BCUT2D eigenvalue weighted by Gasteiger charge is 2.14. The van der Waals surface area contributed by atoms with Crippen molar-refractivity contribution in [1.82, 2.24) is 20.4 Å². The van der Waals surface area contributed by atoms with Crippen molar-refractivity contribution >= 4 is 22.9 Å². The molecule has 0 unspecified atom stereocenters. The van der Waals surface area contributed by atoms with E-state index in [1.807, 2.05) is 6.07 Å². The van der Waals surface area contributed by atoms with E-state index in [0.29, 0.717) is 22.0 Å². The average Bonchev–Trinajstić information content (AvgIpc) is 3.09. The van der Waals surface area contributed by atoms with E-state index >= 15 is 0 Å². The van der Waals surface area contributed by atoms with Gasteiger partial charge in [0.2, 0.25) is 0 Å². The summed E-state index contributed by atoms with van der Waals surface area (Å²) >= 11 is 7.07. The molecule has 0 aliphatic rings. The first-order valence-electron chi connectivity index (χ1n) is 5.41. The quantitative estimate of drug-likeness (QED) is 0.788. The van der Waals surface area contributed by atoms with Crippen LogP contribution < -0.4 is 0 Å². The maximum atomic E-state index is 13.1. The molecular weight excluding hydrogens is 301 g/mol. The Morgan fingerprint density at radius 3 is 3.00 bits per heavy atom. The van der Waals surface area contributed by atoms with Crippen molar-refractivity contribution in [2.24, 2.45) is 0 Å². The van der Waals surface area contributed by atoms with Crippen molar-refractivity contribution in [3.05, 3.63) is 40.1 Å². The maximum absolute atomic E-state index is 13.1. The second-order valence-electron chi connectivity index (χ2n) is 3.81. The fraction of sp³-hybridized carbons (Fsp3) is 0. The first kappa shape index (κ1) is 12.7. The molecule has 0 atom stereocenters. The van der Waals surface area contributed by atoms with E-state index in [4.69, 9.17) is 16.9 Å². The van der Waals surface area contributed by atoms with Gasteiger partial charge in [-0.1, -0.05) is 16.8 Å². The molecule has 2 aromatic heterocycles. The smallest absolute Gasteiger partial charge is 0.166 e. The number of H-pyrrole nitrogens is 1. The number of nitrogens with one attached hydrogen (secondary N) is 1. The van der Waals surface area contributed by atoms with Crippen molar-refractivity contribution in [2.45, 2.75) is 0 Å². The van der Waals surface area contributed by atoms with Crippen LogP contribution in [0.2, 0.25) is 5.02 Å². The van der Waals surface area contributed by atoms with E-state index in [0.717, 1.165) is 0 Å². The minimum absolute atomic E-state index is 0.0381. The van der Waals surface area contributed by atoms with Crippen molar-refractivity contribution in [1.29, 1.82) is 5.26 Å². The van der Waals surface area contributed by atoms with Crippen LogP contribution in [-0.4, -0.2) is 20.4 Å². The number of halogens is 2. The Bertz CT molecular complexity index is 819. The third kappa shape index (κ3) is 2.15. The molecular formula is C12H5ClFN5S. The van der Waals surface area contributed by atoms with Gasteiger partial charge in [0, 0.05) is 10.9 Å². The SMILES string of the molecule is N#Cc1[nH]nnc1-c1nc(-c2ccc(F)c(Cl)c2)cs1. The fourth-order valence-corrected chi connectivity index (χ4v) is 2.62. The van der Waals surface area contributed by atoms with Crippen molar-refractivity contribution in [3.63, 3.8) is 0 Å². The summed E-state index contributed by atoms with van der Waals surface area (Å²) in [7, 11) is 0. The van der Waals surface area contributed by atoms with Gasteiger partial charge < -0.3 is 0 Å². The van der Waals surface area contributed by atoms with Gasteiger partial charge in [-0.15, -0.1) is 16.4 Å². The molecule has 0 aliphatic heterocycles. The largest absolute Gasteiger partial charge is 0.247 e. The van der Waals surface area contributed by atoms with Crippen molar-refractivity contribution < 1.29 is 4.39 Å². The van der Waals surface area contributed by atoms with Crippen LogP contribution in [0.4, 0.5) is 4.39 Å². The highest BCUT2D eigenvalue weighted by Crippen LogP contribution is 2.30. The number of nitrogens with zero attached hydrogens (tertiary/aromatic N) is 4. The highest BCUT2D eigenvalue weighted by molar-refractivity contribution is 7.13. The number of nitriles is 1. The topological polar surface area (TPSA) is 78.2 Å². The third-order valence-electron chi connectivity index (χ3n) is 2.58. The van der Waals surface area contributed by atoms with Crippen LogP contribution in [0.5, 0.6) is 0 Å². The molecule has 2 heterocycles. The molecule has 0 spiro atoms. The van der Waals surface area contributed by atoms with Gasteiger partial charge >= 0.3 is 0 Å². The van der Waals surface area contributed by atoms with Crippen molar-refractivity contribution in [2.75, 3.05) is 0 Å². The fourth-order valence-electron chi connectivity index (χ4n) is 1.63. The van der Waals surface area contributed by atoms with E-state index in [9.17, 15) is 4.39 Å². The van der Waals surface area contributed by atoms with Gasteiger partial charge in [-0.25, -0.2) is 14.5 Å². The van der Waals surface area contributed by atoms with Gasteiger partial charge in [-0.2, -0.15) is 5.26 Å². The number of thiazole rings is 1. The lowest BCUT2D eigenvalue weighted by Gasteiger charge is -1.98. The van der Waals surface area contributed by atoms with Crippen LogP contribution in [0.25, 0.3) is 22.0 Å². The van der Waals surface area contributed by atoms with E-state index < -0.39 is 5.82 Å². The molecule has 0 fully saturated rings. The molecule has 0 radical (unpaired) electrons. The zero-order chi connectivity index (χ0) is 14.1. The zero-order valence-corrected chi connectivity index (χ0v) is 11.3. The Balaban J connectivity index is 2.02. The molecule has 8 heteroatoms. The Hall–Kier alpha value is -2.30. The number of aromatic amines is 1. The van der Waals surface area contributed by atoms with Gasteiger partial charge in [-0.3, -0.25) is 0 Å². The summed E-state index contributed by atoms with van der Waals surface area (Å²) in [5.74, 6) is -0.478. The molecule has 0 saturated carbocycles. The normalized spacial score (nSPS) is 10.4. The molecule has 20 heavy (non-hydrogen) atoms. The summed E-state index contributed by atoms with van der Waals surface area (Å²) in [4.78, 5) is 4.37. The number of aromatic nitrogens is 4. The molecule has 0 saturated heterocycles. The lowest BCUT2D eigenvalue weighted by atomic mass is 10.2.